The van der Waals surface area contributed by atoms with Gasteiger partial charge in [-0.05, 0) is 24.3 Å². The Morgan fingerprint density at radius 2 is 1.86 bits per heavy atom. The van der Waals surface area contributed by atoms with E-state index in [1.807, 2.05) is 6.07 Å². The van der Waals surface area contributed by atoms with E-state index >= 15 is 0 Å². The fraction of sp³-hybridized carbons (Fsp3) is 0.0714. The highest BCUT2D eigenvalue weighted by molar-refractivity contribution is 6.58. The lowest BCUT2D eigenvalue weighted by atomic mass is 9.80. The second kappa shape index (κ2) is 6.35. The lowest BCUT2D eigenvalue weighted by Gasteiger charge is -2.09. The molecule has 0 heterocycles. The number of nitriles is 1. The highest BCUT2D eigenvalue weighted by Gasteiger charge is 2.16. The minimum Gasteiger partial charge on any atom is -0.489 e. The van der Waals surface area contributed by atoms with Crippen LogP contribution in [0.2, 0.25) is 0 Å². The lowest BCUT2D eigenvalue weighted by Crippen LogP contribution is -2.32. The van der Waals surface area contributed by atoms with Gasteiger partial charge in [0, 0.05) is 17.1 Å². The van der Waals surface area contributed by atoms with Crippen LogP contribution >= 0.6 is 0 Å². The molecule has 7 heteroatoms. The second-order valence-electron chi connectivity index (χ2n) is 4.26. The van der Waals surface area contributed by atoms with Gasteiger partial charge in [0.25, 0.3) is 0 Å². The third-order valence-electron chi connectivity index (χ3n) is 2.82. The first-order valence-electron chi connectivity index (χ1n) is 5.98. The quantitative estimate of drug-likeness (QED) is 0.826. The van der Waals surface area contributed by atoms with Gasteiger partial charge in [0.05, 0.1) is 11.6 Å². The predicted molar refractivity (Wildman–Crippen MR) is 71.7 cm³/mol. The standard InChI is InChI=1S/C14H10BF2NO3/c16-13-4-1-9(7-18)5-10(13)8-21-11-2-3-12(15(19)20)14(17)6-11/h1-6,19-20H,8H2. The Bertz CT molecular complexity index is 701. The maximum Gasteiger partial charge on any atom is 0.491 e. The number of hydrogen-bond acceptors (Lipinski definition) is 4. The van der Waals surface area contributed by atoms with E-state index in [9.17, 15) is 8.78 Å². The van der Waals surface area contributed by atoms with Crippen LogP contribution in [-0.2, 0) is 6.61 Å². The third kappa shape index (κ3) is 3.57. The minimum absolute atomic E-state index is 0.110. The van der Waals surface area contributed by atoms with Gasteiger partial charge < -0.3 is 14.8 Å². The van der Waals surface area contributed by atoms with Crippen molar-refractivity contribution in [2.45, 2.75) is 6.61 Å². The summed E-state index contributed by atoms with van der Waals surface area (Å²) >= 11 is 0. The monoisotopic (exact) mass is 289 g/mol. The molecule has 0 amide bonds. The molecule has 106 valence electrons. The summed E-state index contributed by atoms with van der Waals surface area (Å²) in [6, 6.07) is 9.20. The van der Waals surface area contributed by atoms with Crippen LogP contribution in [0.25, 0.3) is 0 Å². The molecule has 4 nitrogen and oxygen atoms in total. The maximum atomic E-state index is 13.5. The number of rotatable bonds is 4. The summed E-state index contributed by atoms with van der Waals surface area (Å²) in [4.78, 5) is 0. The van der Waals surface area contributed by atoms with E-state index in [0.717, 1.165) is 18.2 Å². The largest absolute Gasteiger partial charge is 0.491 e. The van der Waals surface area contributed by atoms with Crippen molar-refractivity contribution < 1.29 is 23.6 Å². The number of hydrogen-bond donors (Lipinski definition) is 2. The van der Waals surface area contributed by atoms with Crippen LogP contribution in [0.4, 0.5) is 8.78 Å². The van der Waals surface area contributed by atoms with Crippen LogP contribution in [0.1, 0.15) is 11.1 Å². The summed E-state index contributed by atoms with van der Waals surface area (Å²) < 4.78 is 32.3. The Kier molecular flexibility index (Phi) is 4.53. The SMILES string of the molecule is N#Cc1ccc(F)c(COc2ccc(B(O)O)c(F)c2)c1. The van der Waals surface area contributed by atoms with Crippen molar-refractivity contribution in [2.75, 3.05) is 0 Å². The van der Waals surface area contributed by atoms with Gasteiger partial charge in [-0.25, -0.2) is 8.78 Å². The molecule has 0 aliphatic rings. The molecule has 0 atom stereocenters. The Morgan fingerprint density at radius 1 is 1.10 bits per heavy atom. The summed E-state index contributed by atoms with van der Waals surface area (Å²) in [5.74, 6) is -1.26. The molecule has 0 bridgehead atoms. The van der Waals surface area contributed by atoms with Gasteiger partial charge in [-0.2, -0.15) is 5.26 Å². The molecule has 2 aromatic rings. The molecule has 0 spiro atoms. The van der Waals surface area contributed by atoms with E-state index in [4.69, 9.17) is 20.0 Å². The Hall–Kier alpha value is -2.43. The van der Waals surface area contributed by atoms with E-state index in [2.05, 4.69) is 0 Å². The number of nitrogens with zero attached hydrogens (tertiary/aromatic N) is 1. The molecule has 0 radical (unpaired) electrons. The normalized spacial score (nSPS) is 10.0. The number of ether oxygens (including phenoxy) is 1. The van der Waals surface area contributed by atoms with Crippen LogP contribution in [-0.4, -0.2) is 17.2 Å². The molecule has 2 aromatic carbocycles. The van der Waals surface area contributed by atoms with Gasteiger partial charge >= 0.3 is 7.12 Å². The number of halogens is 2. The van der Waals surface area contributed by atoms with Gasteiger partial charge in [0.2, 0.25) is 0 Å². The van der Waals surface area contributed by atoms with Crippen molar-refractivity contribution in [1.29, 1.82) is 5.26 Å². The van der Waals surface area contributed by atoms with Gasteiger partial charge in [0.15, 0.2) is 0 Å². The van der Waals surface area contributed by atoms with Crippen LogP contribution in [0.15, 0.2) is 36.4 Å². The van der Waals surface area contributed by atoms with Crippen LogP contribution in [0, 0.1) is 23.0 Å². The van der Waals surface area contributed by atoms with Crippen molar-refractivity contribution in [3.63, 3.8) is 0 Å². The predicted octanol–water partition coefficient (Wildman–Crippen LogP) is 1.10. The average Bonchev–Trinajstić information content (AvgIpc) is 2.46. The molecule has 0 aromatic heterocycles. The maximum absolute atomic E-state index is 13.5. The van der Waals surface area contributed by atoms with E-state index in [1.165, 1.54) is 18.2 Å². The fourth-order valence-corrected chi connectivity index (χ4v) is 1.72. The van der Waals surface area contributed by atoms with Crippen molar-refractivity contribution in [2.24, 2.45) is 0 Å². The summed E-state index contributed by atoms with van der Waals surface area (Å²) in [6.07, 6.45) is 0. The summed E-state index contributed by atoms with van der Waals surface area (Å²) in [5.41, 5.74) is 0.181. The Labute approximate surface area is 120 Å². The first-order chi connectivity index (χ1) is 10.0. The second-order valence-corrected chi connectivity index (χ2v) is 4.26. The van der Waals surface area contributed by atoms with Crippen LogP contribution in [0.5, 0.6) is 5.75 Å². The molecule has 0 saturated carbocycles. The van der Waals surface area contributed by atoms with Gasteiger partial charge in [0.1, 0.15) is 24.0 Å². The zero-order valence-corrected chi connectivity index (χ0v) is 10.8. The molecule has 2 N–H and O–H groups in total. The first kappa shape index (κ1) is 15.0. The topological polar surface area (TPSA) is 73.5 Å². The van der Waals surface area contributed by atoms with E-state index in [1.54, 1.807) is 0 Å². The molecule has 0 unspecified atom stereocenters. The summed E-state index contributed by atoms with van der Waals surface area (Å²) in [7, 11) is -1.91. The highest BCUT2D eigenvalue weighted by atomic mass is 19.1. The van der Waals surface area contributed by atoms with Crippen molar-refractivity contribution in [1.82, 2.24) is 0 Å². The molecular weight excluding hydrogens is 279 g/mol. The highest BCUT2D eigenvalue weighted by Crippen LogP contribution is 2.16. The minimum atomic E-state index is -1.91. The Balaban J connectivity index is 2.14. The van der Waals surface area contributed by atoms with Gasteiger partial charge in [-0.1, -0.05) is 6.07 Å². The van der Waals surface area contributed by atoms with Gasteiger partial charge in [-0.15, -0.1) is 0 Å². The summed E-state index contributed by atoms with van der Waals surface area (Å²) in [6.45, 7) is -0.179. The fourth-order valence-electron chi connectivity index (χ4n) is 1.72. The number of benzene rings is 2. The molecular formula is C14H10BF2NO3. The average molecular weight is 289 g/mol. The van der Waals surface area contributed by atoms with E-state index in [0.29, 0.717) is 5.56 Å². The van der Waals surface area contributed by atoms with Crippen LogP contribution in [0.3, 0.4) is 0 Å². The van der Waals surface area contributed by atoms with Gasteiger partial charge in [-0.3, -0.25) is 0 Å². The molecule has 0 aliphatic carbocycles. The molecule has 21 heavy (non-hydrogen) atoms. The first-order valence-corrected chi connectivity index (χ1v) is 5.98. The van der Waals surface area contributed by atoms with Crippen molar-refractivity contribution >= 4 is 12.6 Å². The third-order valence-corrected chi connectivity index (χ3v) is 2.82. The molecule has 0 fully saturated rings. The lowest BCUT2D eigenvalue weighted by molar-refractivity contribution is 0.298. The van der Waals surface area contributed by atoms with Crippen molar-refractivity contribution in [3.8, 4) is 11.8 Å². The molecule has 2 rings (SSSR count). The smallest absolute Gasteiger partial charge is 0.489 e. The molecule has 0 saturated heterocycles. The Morgan fingerprint density at radius 3 is 2.48 bits per heavy atom. The van der Waals surface area contributed by atoms with E-state index in [-0.39, 0.29) is 23.4 Å². The van der Waals surface area contributed by atoms with Crippen LogP contribution < -0.4 is 10.2 Å². The van der Waals surface area contributed by atoms with Crippen molar-refractivity contribution in [3.05, 3.63) is 59.2 Å². The van der Waals surface area contributed by atoms with E-state index < -0.39 is 18.8 Å². The zero-order valence-electron chi connectivity index (χ0n) is 10.8. The summed E-state index contributed by atoms with van der Waals surface area (Å²) in [5, 5.41) is 26.5. The molecule has 0 aliphatic heterocycles. The zero-order chi connectivity index (χ0) is 15.4.